The molecule has 28 heavy (non-hydrogen) atoms. The van der Waals surface area contributed by atoms with E-state index in [1.165, 1.54) is 22.8 Å². The molecule has 1 unspecified atom stereocenters. The zero-order valence-electron chi connectivity index (χ0n) is 14.3. The number of aliphatic hydroxyl groups excluding tert-OH is 2. The van der Waals surface area contributed by atoms with Crippen LogP contribution in [0.5, 0.6) is 0 Å². The van der Waals surface area contributed by atoms with E-state index in [1.807, 2.05) is 0 Å². The van der Waals surface area contributed by atoms with E-state index in [-0.39, 0.29) is 22.4 Å². The highest BCUT2D eigenvalue weighted by molar-refractivity contribution is 7.99. The summed E-state index contributed by atoms with van der Waals surface area (Å²) in [5.74, 6) is 0.221. The summed E-state index contributed by atoms with van der Waals surface area (Å²) in [7, 11) is 0. The molecule has 3 aromatic rings. The number of hydrogen-bond acceptors (Lipinski definition) is 5. The van der Waals surface area contributed by atoms with Gasteiger partial charge in [0.25, 0.3) is 0 Å². The van der Waals surface area contributed by atoms with Gasteiger partial charge in [-0.2, -0.15) is 13.2 Å². The highest BCUT2D eigenvalue weighted by Gasteiger charge is 2.35. The molecule has 0 spiro atoms. The average molecular weight is 430 g/mol. The van der Waals surface area contributed by atoms with Crippen LogP contribution in [-0.4, -0.2) is 43.4 Å². The van der Waals surface area contributed by atoms with Gasteiger partial charge < -0.3 is 10.2 Å². The zero-order valence-corrected chi connectivity index (χ0v) is 15.8. The monoisotopic (exact) mass is 429 g/mol. The maximum Gasteiger partial charge on any atom is 0.418 e. The lowest BCUT2D eigenvalue weighted by Crippen LogP contribution is -2.16. The zero-order chi connectivity index (χ0) is 20.3. The SMILES string of the molecule is OCC(O)CSc1nnc(-c2cccc(Cl)c2)n1-c1ccccc1C(F)(F)F. The van der Waals surface area contributed by atoms with Crippen LogP contribution in [-0.2, 0) is 6.18 Å². The largest absolute Gasteiger partial charge is 0.418 e. The lowest BCUT2D eigenvalue weighted by molar-refractivity contribution is -0.137. The third kappa shape index (κ3) is 4.49. The van der Waals surface area contributed by atoms with E-state index < -0.39 is 24.5 Å². The van der Waals surface area contributed by atoms with Crippen molar-refractivity contribution in [1.82, 2.24) is 14.8 Å². The molecule has 2 aromatic carbocycles. The third-order valence-electron chi connectivity index (χ3n) is 3.78. The van der Waals surface area contributed by atoms with Crippen LogP contribution < -0.4 is 0 Å². The molecule has 10 heteroatoms. The first-order chi connectivity index (χ1) is 13.3. The quantitative estimate of drug-likeness (QED) is 0.578. The number of aliphatic hydroxyl groups is 2. The second-order valence-electron chi connectivity index (χ2n) is 5.81. The van der Waals surface area contributed by atoms with Gasteiger partial charge in [0.15, 0.2) is 11.0 Å². The summed E-state index contributed by atoms with van der Waals surface area (Å²) in [6.07, 6.45) is -5.62. The molecule has 0 radical (unpaired) electrons. The summed E-state index contributed by atoms with van der Waals surface area (Å²) in [4.78, 5) is 0. The molecule has 5 nitrogen and oxygen atoms in total. The molecule has 0 aliphatic rings. The second kappa shape index (κ2) is 8.52. The molecular weight excluding hydrogens is 415 g/mol. The van der Waals surface area contributed by atoms with Gasteiger partial charge in [-0.15, -0.1) is 10.2 Å². The molecule has 3 rings (SSSR count). The van der Waals surface area contributed by atoms with Crippen LogP contribution in [0.15, 0.2) is 53.7 Å². The van der Waals surface area contributed by atoms with Gasteiger partial charge in [-0.3, -0.25) is 4.57 Å². The van der Waals surface area contributed by atoms with Crippen molar-refractivity contribution in [3.05, 3.63) is 59.1 Å². The summed E-state index contributed by atoms with van der Waals surface area (Å²) in [6, 6.07) is 11.6. The Bertz CT molecular complexity index is 965. The molecule has 1 aromatic heterocycles. The lowest BCUT2D eigenvalue weighted by Gasteiger charge is -2.17. The van der Waals surface area contributed by atoms with E-state index in [0.29, 0.717) is 10.6 Å². The Balaban J connectivity index is 2.18. The second-order valence-corrected chi connectivity index (χ2v) is 7.24. The van der Waals surface area contributed by atoms with Crippen molar-refractivity contribution in [2.75, 3.05) is 12.4 Å². The predicted octanol–water partition coefficient (Wildman–Crippen LogP) is 4.05. The standard InChI is InChI=1S/C18H15ClF3N3O2S/c19-12-5-3-4-11(8-12)16-23-24-17(28-10-13(27)9-26)25(16)15-7-2-1-6-14(15)18(20,21)22/h1-8,13,26-27H,9-10H2. The first-order valence-corrected chi connectivity index (χ1v) is 9.47. The highest BCUT2D eigenvalue weighted by atomic mass is 35.5. The lowest BCUT2D eigenvalue weighted by atomic mass is 10.1. The van der Waals surface area contributed by atoms with E-state index in [4.69, 9.17) is 16.7 Å². The fourth-order valence-corrected chi connectivity index (χ4v) is 3.58. The summed E-state index contributed by atoms with van der Waals surface area (Å²) in [5, 5.41) is 27.2. The van der Waals surface area contributed by atoms with E-state index in [1.54, 1.807) is 24.3 Å². The Labute approximate surface area is 167 Å². The number of hydrogen-bond donors (Lipinski definition) is 2. The number of aromatic nitrogens is 3. The predicted molar refractivity (Wildman–Crippen MR) is 101 cm³/mol. The van der Waals surface area contributed by atoms with E-state index >= 15 is 0 Å². The fourth-order valence-electron chi connectivity index (χ4n) is 2.53. The van der Waals surface area contributed by atoms with Crippen molar-refractivity contribution in [2.24, 2.45) is 0 Å². The molecule has 148 valence electrons. The van der Waals surface area contributed by atoms with Gasteiger partial charge in [-0.25, -0.2) is 0 Å². The number of para-hydroxylation sites is 1. The number of rotatable bonds is 6. The Morgan fingerprint density at radius 1 is 1.11 bits per heavy atom. The number of alkyl halides is 3. The Morgan fingerprint density at radius 2 is 1.86 bits per heavy atom. The van der Waals surface area contributed by atoms with Gasteiger partial charge in [0.2, 0.25) is 0 Å². The fraction of sp³-hybridized carbons (Fsp3) is 0.222. The van der Waals surface area contributed by atoms with Crippen molar-refractivity contribution in [3.8, 4) is 17.1 Å². The van der Waals surface area contributed by atoms with Crippen molar-refractivity contribution in [3.63, 3.8) is 0 Å². The van der Waals surface area contributed by atoms with Crippen molar-refractivity contribution in [2.45, 2.75) is 17.4 Å². The summed E-state index contributed by atoms with van der Waals surface area (Å²) >= 11 is 7.01. The van der Waals surface area contributed by atoms with Crippen LogP contribution in [0.1, 0.15) is 5.56 Å². The highest BCUT2D eigenvalue weighted by Crippen LogP contribution is 2.37. The number of halogens is 4. The molecule has 0 saturated carbocycles. The first-order valence-electron chi connectivity index (χ1n) is 8.11. The van der Waals surface area contributed by atoms with Crippen molar-refractivity contribution in [1.29, 1.82) is 0 Å². The minimum Gasteiger partial charge on any atom is -0.394 e. The van der Waals surface area contributed by atoms with Crippen LogP contribution >= 0.6 is 23.4 Å². The third-order valence-corrected chi connectivity index (χ3v) is 5.09. The Kier molecular flexibility index (Phi) is 6.29. The van der Waals surface area contributed by atoms with Crippen LogP contribution in [0, 0.1) is 0 Å². The van der Waals surface area contributed by atoms with Crippen LogP contribution in [0.25, 0.3) is 17.1 Å². The number of benzene rings is 2. The number of thioether (sulfide) groups is 1. The van der Waals surface area contributed by atoms with Gasteiger partial charge in [0, 0.05) is 16.3 Å². The molecule has 0 aliphatic heterocycles. The van der Waals surface area contributed by atoms with Gasteiger partial charge in [0.05, 0.1) is 24.0 Å². The van der Waals surface area contributed by atoms with Crippen molar-refractivity contribution < 1.29 is 23.4 Å². The summed E-state index contributed by atoms with van der Waals surface area (Å²) in [5.41, 5.74) is -0.495. The van der Waals surface area contributed by atoms with Crippen LogP contribution in [0.2, 0.25) is 5.02 Å². The topological polar surface area (TPSA) is 71.2 Å². The minimum absolute atomic E-state index is 0.0400. The molecule has 0 saturated heterocycles. The van der Waals surface area contributed by atoms with Gasteiger partial charge in [-0.1, -0.05) is 47.6 Å². The Morgan fingerprint density at radius 3 is 2.54 bits per heavy atom. The van der Waals surface area contributed by atoms with Crippen molar-refractivity contribution >= 4 is 23.4 Å². The molecule has 2 N–H and O–H groups in total. The molecule has 0 bridgehead atoms. The molecule has 0 fully saturated rings. The smallest absolute Gasteiger partial charge is 0.394 e. The first kappa shape index (κ1) is 20.7. The summed E-state index contributed by atoms with van der Waals surface area (Å²) in [6.45, 7) is -0.471. The Hall–Kier alpha value is -2.07. The maximum atomic E-state index is 13.6. The maximum absolute atomic E-state index is 13.6. The van der Waals surface area contributed by atoms with E-state index in [2.05, 4.69) is 10.2 Å². The minimum atomic E-state index is -4.58. The molecule has 1 heterocycles. The average Bonchev–Trinajstić information content (AvgIpc) is 3.09. The van der Waals surface area contributed by atoms with Gasteiger partial charge in [-0.05, 0) is 24.3 Å². The molecule has 0 amide bonds. The van der Waals surface area contributed by atoms with Crippen LogP contribution in [0.4, 0.5) is 13.2 Å². The molecule has 1 atom stereocenters. The van der Waals surface area contributed by atoms with Gasteiger partial charge >= 0.3 is 6.18 Å². The summed E-state index contributed by atoms with van der Waals surface area (Å²) < 4.78 is 42.0. The molecular formula is C18H15ClF3N3O2S. The molecule has 0 aliphatic carbocycles. The van der Waals surface area contributed by atoms with E-state index in [0.717, 1.165) is 17.8 Å². The van der Waals surface area contributed by atoms with Gasteiger partial charge in [0.1, 0.15) is 0 Å². The van der Waals surface area contributed by atoms with E-state index in [9.17, 15) is 18.3 Å². The normalized spacial score (nSPS) is 12.9. The van der Waals surface area contributed by atoms with Crippen LogP contribution in [0.3, 0.4) is 0 Å². The number of nitrogens with zero attached hydrogens (tertiary/aromatic N) is 3.